The van der Waals surface area contributed by atoms with Crippen molar-refractivity contribution in [2.45, 2.75) is 32.8 Å². The molecule has 2 unspecified atom stereocenters. The number of halogens is 1. The molecule has 2 rings (SSSR count). The lowest BCUT2D eigenvalue weighted by atomic mass is 10.00. The summed E-state index contributed by atoms with van der Waals surface area (Å²) in [4.78, 5) is 12.8. The summed E-state index contributed by atoms with van der Waals surface area (Å²) in [5.41, 5.74) is 1.11. The van der Waals surface area contributed by atoms with Gasteiger partial charge in [0, 0.05) is 19.1 Å². The number of nitrogens with one attached hydrogen (secondary N) is 1. The van der Waals surface area contributed by atoms with Crippen LogP contribution < -0.4 is 5.32 Å². The molecule has 0 aromatic carbocycles. The first-order valence-electron chi connectivity index (χ1n) is 6.27. The van der Waals surface area contributed by atoms with E-state index in [0.717, 1.165) is 33.7 Å². The second kappa shape index (κ2) is 6.17. The topological polar surface area (TPSA) is 38.3 Å². The molecule has 0 radical (unpaired) electrons. The van der Waals surface area contributed by atoms with E-state index in [1.54, 1.807) is 0 Å². The van der Waals surface area contributed by atoms with E-state index in [4.69, 9.17) is 4.74 Å². The maximum atomic E-state index is 12.0. The fourth-order valence-corrected chi connectivity index (χ4v) is 3.71. The summed E-state index contributed by atoms with van der Waals surface area (Å²) in [6, 6.07) is 1.92. The minimum atomic E-state index is 0.0237. The highest BCUT2D eigenvalue weighted by atomic mass is 79.9. The lowest BCUT2D eigenvalue weighted by molar-refractivity contribution is 0.0828. The summed E-state index contributed by atoms with van der Waals surface area (Å²) in [5.74, 6) is 0.485. The molecule has 1 aliphatic rings. The Balaban J connectivity index is 1.88. The average Bonchev–Trinajstić information content (AvgIpc) is 2.93. The molecule has 3 nitrogen and oxygen atoms in total. The predicted molar refractivity (Wildman–Crippen MR) is 77.2 cm³/mol. The molecule has 5 heteroatoms. The van der Waals surface area contributed by atoms with E-state index in [2.05, 4.69) is 28.2 Å². The van der Waals surface area contributed by atoms with Crippen molar-refractivity contribution in [3.05, 3.63) is 20.3 Å². The molecule has 0 aliphatic carbocycles. The van der Waals surface area contributed by atoms with Crippen molar-refractivity contribution in [1.29, 1.82) is 0 Å². The number of amides is 1. The molecule has 2 heterocycles. The van der Waals surface area contributed by atoms with Gasteiger partial charge in [0.05, 0.1) is 14.8 Å². The third kappa shape index (κ3) is 3.13. The normalized spacial score (nSPS) is 23.3. The van der Waals surface area contributed by atoms with Crippen molar-refractivity contribution >= 4 is 33.2 Å². The molecule has 1 aromatic heterocycles. The summed E-state index contributed by atoms with van der Waals surface area (Å²) in [6.45, 7) is 5.66. The summed E-state index contributed by atoms with van der Waals surface area (Å²) >= 11 is 4.93. The number of ether oxygens (including phenoxy) is 1. The Bertz CT molecular complexity index is 413. The van der Waals surface area contributed by atoms with Crippen LogP contribution in [-0.4, -0.2) is 25.2 Å². The Morgan fingerprint density at radius 1 is 1.67 bits per heavy atom. The first-order valence-corrected chi connectivity index (χ1v) is 7.88. The van der Waals surface area contributed by atoms with Crippen LogP contribution in [0, 0.1) is 12.8 Å². The quantitative estimate of drug-likeness (QED) is 0.918. The number of thiophene rings is 1. The van der Waals surface area contributed by atoms with E-state index in [1.807, 2.05) is 13.0 Å². The molecule has 0 saturated carbocycles. The van der Waals surface area contributed by atoms with Gasteiger partial charge in [-0.15, -0.1) is 11.3 Å². The summed E-state index contributed by atoms with van der Waals surface area (Å²) in [5, 5.41) is 3.02. The van der Waals surface area contributed by atoms with Crippen LogP contribution in [0.15, 0.2) is 9.85 Å². The Kier molecular flexibility index (Phi) is 4.81. The Morgan fingerprint density at radius 3 is 3.06 bits per heavy atom. The predicted octanol–water partition coefficient (Wildman–Crippen LogP) is 3.36. The highest BCUT2D eigenvalue weighted by molar-refractivity contribution is 9.11. The van der Waals surface area contributed by atoms with Gasteiger partial charge in [0.25, 0.3) is 5.91 Å². The average molecular weight is 332 g/mol. The van der Waals surface area contributed by atoms with Gasteiger partial charge >= 0.3 is 0 Å². The second-order valence-corrected chi connectivity index (χ2v) is 7.01. The zero-order valence-electron chi connectivity index (χ0n) is 10.7. The molecule has 0 spiro atoms. The van der Waals surface area contributed by atoms with E-state index in [1.165, 1.54) is 11.3 Å². The smallest absolute Gasteiger partial charge is 0.261 e. The van der Waals surface area contributed by atoms with Gasteiger partial charge in [0.1, 0.15) is 0 Å². The Labute approximate surface area is 120 Å². The van der Waals surface area contributed by atoms with Crippen LogP contribution in [0.2, 0.25) is 0 Å². The van der Waals surface area contributed by atoms with Crippen LogP contribution in [0.5, 0.6) is 0 Å². The third-order valence-corrected chi connectivity index (χ3v) is 5.49. The molecular weight excluding hydrogens is 314 g/mol. The molecule has 1 amide bonds. The third-order valence-electron chi connectivity index (χ3n) is 3.35. The standard InChI is InChI=1S/C13H18BrNO2S/c1-3-10-9(4-5-17-10)7-15-13(16)11-6-8(2)12(14)18-11/h6,9-10H,3-5,7H2,1-2H3,(H,15,16). The van der Waals surface area contributed by atoms with Crippen molar-refractivity contribution in [1.82, 2.24) is 5.32 Å². The first kappa shape index (κ1) is 14.0. The summed E-state index contributed by atoms with van der Waals surface area (Å²) < 4.78 is 6.65. The van der Waals surface area contributed by atoms with Crippen LogP contribution in [0.1, 0.15) is 35.0 Å². The number of carbonyl (C=O) groups is 1. The maximum absolute atomic E-state index is 12.0. The van der Waals surface area contributed by atoms with Gasteiger partial charge in [-0.3, -0.25) is 4.79 Å². The second-order valence-electron chi connectivity index (χ2n) is 4.64. The fourth-order valence-electron chi connectivity index (χ4n) is 2.26. The number of hydrogen-bond donors (Lipinski definition) is 1. The van der Waals surface area contributed by atoms with E-state index >= 15 is 0 Å². The first-order chi connectivity index (χ1) is 8.61. The Hall–Kier alpha value is -0.390. The molecule has 1 aromatic rings. The van der Waals surface area contributed by atoms with E-state index < -0.39 is 0 Å². The van der Waals surface area contributed by atoms with Crippen molar-refractivity contribution in [2.24, 2.45) is 5.92 Å². The molecule has 1 fully saturated rings. The van der Waals surface area contributed by atoms with Gasteiger partial charge in [-0.1, -0.05) is 6.92 Å². The van der Waals surface area contributed by atoms with Crippen molar-refractivity contribution in [3.63, 3.8) is 0 Å². The van der Waals surface area contributed by atoms with Gasteiger partial charge in [-0.2, -0.15) is 0 Å². The molecule has 0 bridgehead atoms. The molecule has 1 N–H and O–H groups in total. The molecular formula is C13H18BrNO2S. The monoisotopic (exact) mass is 331 g/mol. The number of hydrogen-bond acceptors (Lipinski definition) is 3. The molecule has 1 saturated heterocycles. The number of rotatable bonds is 4. The fraction of sp³-hybridized carbons (Fsp3) is 0.615. The van der Waals surface area contributed by atoms with Gasteiger partial charge in [-0.25, -0.2) is 0 Å². The summed E-state index contributed by atoms with van der Waals surface area (Å²) in [7, 11) is 0. The van der Waals surface area contributed by atoms with Crippen LogP contribution in [0.3, 0.4) is 0 Å². The van der Waals surface area contributed by atoms with E-state index in [9.17, 15) is 4.79 Å². The minimum Gasteiger partial charge on any atom is -0.378 e. The largest absolute Gasteiger partial charge is 0.378 e. The highest BCUT2D eigenvalue weighted by Gasteiger charge is 2.27. The van der Waals surface area contributed by atoms with Crippen LogP contribution >= 0.6 is 27.3 Å². The number of carbonyl (C=O) groups excluding carboxylic acids is 1. The zero-order valence-corrected chi connectivity index (χ0v) is 13.1. The molecule has 18 heavy (non-hydrogen) atoms. The maximum Gasteiger partial charge on any atom is 0.261 e. The highest BCUT2D eigenvalue weighted by Crippen LogP contribution is 2.27. The van der Waals surface area contributed by atoms with E-state index in [-0.39, 0.29) is 5.91 Å². The molecule has 100 valence electrons. The minimum absolute atomic E-state index is 0.0237. The van der Waals surface area contributed by atoms with Crippen molar-refractivity contribution in [3.8, 4) is 0 Å². The lowest BCUT2D eigenvalue weighted by Crippen LogP contribution is -2.32. The van der Waals surface area contributed by atoms with Crippen LogP contribution in [0.4, 0.5) is 0 Å². The van der Waals surface area contributed by atoms with Gasteiger partial charge in [0.15, 0.2) is 0 Å². The number of aryl methyl sites for hydroxylation is 1. The molecule has 1 aliphatic heterocycles. The lowest BCUT2D eigenvalue weighted by Gasteiger charge is -2.16. The SMILES string of the molecule is CCC1OCCC1CNC(=O)c1cc(C)c(Br)s1. The van der Waals surface area contributed by atoms with Gasteiger partial charge in [-0.05, 0) is 47.3 Å². The van der Waals surface area contributed by atoms with Gasteiger partial charge < -0.3 is 10.1 Å². The van der Waals surface area contributed by atoms with E-state index in [0.29, 0.717) is 18.6 Å². The molecule has 2 atom stereocenters. The van der Waals surface area contributed by atoms with Crippen LogP contribution in [0.25, 0.3) is 0 Å². The zero-order chi connectivity index (χ0) is 13.1. The van der Waals surface area contributed by atoms with Crippen LogP contribution in [-0.2, 0) is 4.74 Å². The van der Waals surface area contributed by atoms with Crippen molar-refractivity contribution < 1.29 is 9.53 Å². The van der Waals surface area contributed by atoms with Gasteiger partial charge in [0.2, 0.25) is 0 Å². The Morgan fingerprint density at radius 2 is 2.44 bits per heavy atom. The van der Waals surface area contributed by atoms with Crippen molar-refractivity contribution in [2.75, 3.05) is 13.2 Å². The summed E-state index contributed by atoms with van der Waals surface area (Å²) in [6.07, 6.45) is 2.37.